The molecule has 1 saturated carbocycles. The molecule has 2 fully saturated rings. The normalized spacial score (nSPS) is 34.7. The van der Waals surface area contributed by atoms with Crippen molar-refractivity contribution in [3.05, 3.63) is 0 Å². The quantitative estimate of drug-likeness (QED) is 0.738. The maximum atomic E-state index is 9.46. The SMILES string of the molecule is CC1CCCCN1CCCNC1CCC(O)CC1. The molecule has 3 heteroatoms. The lowest BCUT2D eigenvalue weighted by molar-refractivity contribution is 0.115. The Balaban J connectivity index is 1.53. The number of nitrogens with one attached hydrogen (secondary N) is 1. The first-order valence-electron chi connectivity index (χ1n) is 7.91. The molecule has 1 unspecified atom stereocenters. The number of hydrogen-bond acceptors (Lipinski definition) is 3. The summed E-state index contributed by atoms with van der Waals surface area (Å²) >= 11 is 0. The van der Waals surface area contributed by atoms with E-state index in [4.69, 9.17) is 0 Å². The molecule has 1 saturated heterocycles. The molecule has 1 atom stereocenters. The second-order valence-electron chi connectivity index (χ2n) is 6.19. The summed E-state index contributed by atoms with van der Waals surface area (Å²) in [6.07, 6.45) is 9.71. The fourth-order valence-electron chi connectivity index (χ4n) is 3.36. The highest BCUT2D eigenvalue weighted by atomic mass is 16.3. The van der Waals surface area contributed by atoms with E-state index >= 15 is 0 Å². The van der Waals surface area contributed by atoms with Crippen LogP contribution >= 0.6 is 0 Å². The summed E-state index contributed by atoms with van der Waals surface area (Å²) in [5.74, 6) is 0. The van der Waals surface area contributed by atoms with Crippen LogP contribution < -0.4 is 5.32 Å². The molecule has 18 heavy (non-hydrogen) atoms. The summed E-state index contributed by atoms with van der Waals surface area (Å²) in [5.41, 5.74) is 0. The van der Waals surface area contributed by atoms with Crippen molar-refractivity contribution in [1.29, 1.82) is 0 Å². The number of hydrogen-bond donors (Lipinski definition) is 2. The van der Waals surface area contributed by atoms with Gasteiger partial charge in [0.15, 0.2) is 0 Å². The molecule has 0 amide bonds. The summed E-state index contributed by atoms with van der Waals surface area (Å²) in [7, 11) is 0. The van der Waals surface area contributed by atoms with Gasteiger partial charge in [-0.15, -0.1) is 0 Å². The van der Waals surface area contributed by atoms with Crippen LogP contribution in [0, 0.1) is 0 Å². The van der Waals surface area contributed by atoms with E-state index in [1.165, 1.54) is 38.8 Å². The van der Waals surface area contributed by atoms with Crippen molar-refractivity contribution in [2.24, 2.45) is 0 Å². The van der Waals surface area contributed by atoms with Gasteiger partial charge in [-0.25, -0.2) is 0 Å². The van der Waals surface area contributed by atoms with Gasteiger partial charge in [-0.05, 0) is 71.5 Å². The summed E-state index contributed by atoms with van der Waals surface area (Å²) < 4.78 is 0. The van der Waals surface area contributed by atoms with Gasteiger partial charge in [-0.2, -0.15) is 0 Å². The van der Waals surface area contributed by atoms with Crippen LogP contribution in [0.3, 0.4) is 0 Å². The largest absolute Gasteiger partial charge is 0.393 e. The maximum Gasteiger partial charge on any atom is 0.0541 e. The topological polar surface area (TPSA) is 35.5 Å². The fraction of sp³-hybridized carbons (Fsp3) is 1.00. The van der Waals surface area contributed by atoms with Crippen LogP contribution in [-0.2, 0) is 0 Å². The molecule has 0 aromatic rings. The van der Waals surface area contributed by atoms with E-state index in [0.717, 1.165) is 38.3 Å². The highest BCUT2D eigenvalue weighted by Gasteiger charge is 2.19. The molecule has 1 heterocycles. The van der Waals surface area contributed by atoms with Gasteiger partial charge in [0.05, 0.1) is 6.10 Å². The monoisotopic (exact) mass is 254 g/mol. The third-order valence-electron chi connectivity index (χ3n) is 4.69. The molecule has 0 spiro atoms. The Morgan fingerprint density at radius 2 is 1.89 bits per heavy atom. The van der Waals surface area contributed by atoms with Crippen LogP contribution in [0.5, 0.6) is 0 Å². The second-order valence-corrected chi connectivity index (χ2v) is 6.19. The predicted molar refractivity (Wildman–Crippen MR) is 75.8 cm³/mol. The van der Waals surface area contributed by atoms with E-state index in [0.29, 0.717) is 6.04 Å². The number of rotatable bonds is 5. The van der Waals surface area contributed by atoms with Crippen molar-refractivity contribution in [1.82, 2.24) is 10.2 Å². The van der Waals surface area contributed by atoms with E-state index in [9.17, 15) is 5.11 Å². The first-order chi connectivity index (χ1) is 8.75. The fourth-order valence-corrected chi connectivity index (χ4v) is 3.36. The molecule has 0 bridgehead atoms. The average molecular weight is 254 g/mol. The summed E-state index contributed by atoms with van der Waals surface area (Å²) in [5, 5.41) is 13.1. The molecule has 1 aliphatic carbocycles. The van der Waals surface area contributed by atoms with Gasteiger partial charge >= 0.3 is 0 Å². The Morgan fingerprint density at radius 1 is 1.11 bits per heavy atom. The summed E-state index contributed by atoms with van der Waals surface area (Å²) in [6, 6.07) is 1.45. The van der Waals surface area contributed by atoms with Gasteiger partial charge in [0.25, 0.3) is 0 Å². The Hall–Kier alpha value is -0.120. The van der Waals surface area contributed by atoms with Crippen LogP contribution in [0.1, 0.15) is 58.3 Å². The number of likely N-dealkylation sites (tertiary alicyclic amines) is 1. The molecule has 0 radical (unpaired) electrons. The van der Waals surface area contributed by atoms with Gasteiger partial charge in [0.1, 0.15) is 0 Å². The zero-order valence-electron chi connectivity index (χ0n) is 11.9. The van der Waals surface area contributed by atoms with Crippen molar-refractivity contribution in [2.75, 3.05) is 19.6 Å². The van der Waals surface area contributed by atoms with E-state index in [1.54, 1.807) is 0 Å². The molecule has 2 aliphatic rings. The molecule has 0 aromatic carbocycles. The molecule has 2 rings (SSSR count). The molecular weight excluding hydrogens is 224 g/mol. The van der Waals surface area contributed by atoms with E-state index < -0.39 is 0 Å². The minimum absolute atomic E-state index is 0.0303. The van der Waals surface area contributed by atoms with Crippen LogP contribution in [0.25, 0.3) is 0 Å². The maximum absolute atomic E-state index is 9.46. The summed E-state index contributed by atoms with van der Waals surface area (Å²) in [4.78, 5) is 2.65. The predicted octanol–water partition coefficient (Wildman–Crippen LogP) is 2.14. The first-order valence-corrected chi connectivity index (χ1v) is 7.91. The van der Waals surface area contributed by atoms with Gasteiger partial charge in [0, 0.05) is 12.1 Å². The highest BCUT2D eigenvalue weighted by molar-refractivity contribution is 4.77. The molecule has 3 nitrogen and oxygen atoms in total. The van der Waals surface area contributed by atoms with Gasteiger partial charge in [0.2, 0.25) is 0 Å². The van der Waals surface area contributed by atoms with Crippen LogP contribution in [0.2, 0.25) is 0 Å². The van der Waals surface area contributed by atoms with E-state index in [-0.39, 0.29) is 6.10 Å². The highest BCUT2D eigenvalue weighted by Crippen LogP contribution is 2.18. The molecule has 1 aliphatic heterocycles. The number of aliphatic hydroxyl groups excluding tert-OH is 1. The number of nitrogens with zero attached hydrogens (tertiary/aromatic N) is 1. The van der Waals surface area contributed by atoms with Gasteiger partial charge in [-0.3, -0.25) is 0 Å². The zero-order valence-corrected chi connectivity index (χ0v) is 11.9. The minimum atomic E-state index is -0.0303. The lowest BCUT2D eigenvalue weighted by Gasteiger charge is -2.33. The Bertz CT molecular complexity index is 227. The smallest absolute Gasteiger partial charge is 0.0541 e. The van der Waals surface area contributed by atoms with Gasteiger partial charge in [-0.1, -0.05) is 6.42 Å². The van der Waals surface area contributed by atoms with Crippen LogP contribution in [-0.4, -0.2) is 47.8 Å². The molecule has 106 valence electrons. The Labute approximate surface area is 112 Å². The molecule has 0 aromatic heterocycles. The van der Waals surface area contributed by atoms with Crippen molar-refractivity contribution >= 4 is 0 Å². The van der Waals surface area contributed by atoms with E-state index in [1.807, 2.05) is 0 Å². The Morgan fingerprint density at radius 3 is 2.61 bits per heavy atom. The third-order valence-corrected chi connectivity index (χ3v) is 4.69. The van der Waals surface area contributed by atoms with Crippen molar-refractivity contribution < 1.29 is 5.11 Å². The summed E-state index contributed by atoms with van der Waals surface area (Å²) in [6.45, 7) is 6.07. The van der Waals surface area contributed by atoms with Crippen molar-refractivity contribution in [3.8, 4) is 0 Å². The average Bonchev–Trinajstić information content (AvgIpc) is 2.39. The number of piperidine rings is 1. The lowest BCUT2D eigenvalue weighted by Crippen LogP contribution is -2.40. The van der Waals surface area contributed by atoms with Crippen molar-refractivity contribution in [3.63, 3.8) is 0 Å². The minimum Gasteiger partial charge on any atom is -0.393 e. The van der Waals surface area contributed by atoms with Crippen LogP contribution in [0.4, 0.5) is 0 Å². The van der Waals surface area contributed by atoms with E-state index in [2.05, 4.69) is 17.1 Å². The van der Waals surface area contributed by atoms with Gasteiger partial charge < -0.3 is 15.3 Å². The first kappa shape index (κ1) is 14.3. The Kier molecular flexibility index (Phi) is 5.93. The lowest BCUT2D eigenvalue weighted by atomic mass is 9.93. The van der Waals surface area contributed by atoms with Crippen molar-refractivity contribution in [2.45, 2.75) is 76.5 Å². The molecule has 2 N–H and O–H groups in total. The zero-order chi connectivity index (χ0) is 12.8. The third kappa shape index (κ3) is 4.52. The standard InChI is InChI=1S/C15H30N2O/c1-13-5-2-3-11-17(13)12-4-10-16-14-6-8-15(18)9-7-14/h13-16,18H,2-12H2,1H3. The molecular formula is C15H30N2O. The second kappa shape index (κ2) is 7.46. The number of aliphatic hydroxyl groups is 1. The van der Waals surface area contributed by atoms with Crippen LogP contribution in [0.15, 0.2) is 0 Å².